The number of aromatic nitrogens is 4. The van der Waals surface area contributed by atoms with Gasteiger partial charge in [-0.2, -0.15) is 0 Å². The Labute approximate surface area is 253 Å². The van der Waals surface area contributed by atoms with Crippen LogP contribution in [0.2, 0.25) is 0 Å². The van der Waals surface area contributed by atoms with Crippen LogP contribution in [0.3, 0.4) is 0 Å². The van der Waals surface area contributed by atoms with E-state index in [-0.39, 0.29) is 0 Å². The Morgan fingerprint density at radius 1 is 0.341 bits per heavy atom. The molecule has 0 aliphatic carbocycles. The summed E-state index contributed by atoms with van der Waals surface area (Å²) in [5, 5.41) is 10.5. The van der Waals surface area contributed by atoms with Crippen molar-refractivity contribution in [2.45, 2.75) is 0 Å². The summed E-state index contributed by atoms with van der Waals surface area (Å²) in [6, 6.07) is 48.6. The quantitative estimate of drug-likeness (QED) is 0.202. The highest BCUT2D eigenvalue weighted by atomic mass is 15.0. The fourth-order valence-electron chi connectivity index (χ4n) is 6.31. The first-order valence-electron chi connectivity index (χ1n) is 14.7. The van der Waals surface area contributed by atoms with Crippen molar-refractivity contribution < 1.29 is 0 Å². The summed E-state index contributed by atoms with van der Waals surface area (Å²) >= 11 is 0. The molecule has 9 aromatic rings. The summed E-state index contributed by atoms with van der Waals surface area (Å²) in [5.41, 5.74) is 3.81. The number of nitrogens with zero attached hydrogens (tertiary/aromatic N) is 4. The molecule has 4 nitrogen and oxygen atoms in total. The molecule has 2 heterocycles. The number of pyridine rings is 1. The lowest BCUT2D eigenvalue weighted by molar-refractivity contribution is 1.08. The molecule has 2 aromatic heterocycles. The standard InChI is InChI=1S/C40H24N4/c1-2-9-28(10-3-1)38-42-39(29-18-16-26-15-14-25-8-4-6-12-32(25)34(26)22-29)44-40(43-38)30-19-17-27-20-21-36-37(35(27)23-30)33-13-7-5-11-31(33)24-41-36/h1-24H. The molecule has 7 aromatic carbocycles. The van der Waals surface area contributed by atoms with Crippen LogP contribution in [-0.2, 0) is 0 Å². The van der Waals surface area contributed by atoms with Crippen molar-refractivity contribution in [2.24, 2.45) is 0 Å². The maximum Gasteiger partial charge on any atom is 0.164 e. The lowest BCUT2D eigenvalue weighted by Crippen LogP contribution is -2.00. The van der Waals surface area contributed by atoms with Crippen molar-refractivity contribution in [2.75, 3.05) is 0 Å². The minimum Gasteiger partial charge on any atom is -0.256 e. The van der Waals surface area contributed by atoms with Gasteiger partial charge in [-0.15, -0.1) is 0 Å². The molecule has 0 aliphatic rings. The monoisotopic (exact) mass is 560 g/mol. The van der Waals surface area contributed by atoms with Gasteiger partial charge in [0.2, 0.25) is 0 Å². The van der Waals surface area contributed by atoms with Gasteiger partial charge in [-0.25, -0.2) is 15.0 Å². The van der Waals surface area contributed by atoms with Crippen LogP contribution in [-0.4, -0.2) is 19.9 Å². The zero-order valence-electron chi connectivity index (χ0n) is 23.6. The highest BCUT2D eigenvalue weighted by Crippen LogP contribution is 2.35. The molecule has 0 saturated carbocycles. The van der Waals surface area contributed by atoms with Crippen LogP contribution < -0.4 is 0 Å². The Morgan fingerprint density at radius 3 is 1.61 bits per heavy atom. The first kappa shape index (κ1) is 24.6. The van der Waals surface area contributed by atoms with Gasteiger partial charge in [-0.05, 0) is 55.9 Å². The molecule has 0 N–H and O–H groups in total. The molecule has 0 fully saturated rings. The number of fused-ring (bicyclic) bond motifs is 8. The first-order valence-corrected chi connectivity index (χ1v) is 14.7. The summed E-state index contributed by atoms with van der Waals surface area (Å²) in [7, 11) is 0. The van der Waals surface area contributed by atoms with Crippen LogP contribution in [0.5, 0.6) is 0 Å². The van der Waals surface area contributed by atoms with Crippen molar-refractivity contribution in [3.8, 4) is 34.2 Å². The summed E-state index contributed by atoms with van der Waals surface area (Å²) < 4.78 is 0. The van der Waals surface area contributed by atoms with Crippen molar-refractivity contribution in [3.63, 3.8) is 0 Å². The van der Waals surface area contributed by atoms with E-state index in [2.05, 4.69) is 109 Å². The smallest absolute Gasteiger partial charge is 0.164 e. The van der Waals surface area contributed by atoms with E-state index in [1.807, 2.05) is 36.5 Å². The van der Waals surface area contributed by atoms with E-state index in [1.54, 1.807) is 0 Å². The fraction of sp³-hybridized carbons (Fsp3) is 0. The molecular weight excluding hydrogens is 536 g/mol. The lowest BCUT2D eigenvalue weighted by atomic mass is 9.98. The number of hydrogen-bond donors (Lipinski definition) is 0. The summed E-state index contributed by atoms with van der Waals surface area (Å²) in [6.45, 7) is 0. The number of rotatable bonds is 3. The van der Waals surface area contributed by atoms with E-state index >= 15 is 0 Å². The van der Waals surface area contributed by atoms with E-state index in [4.69, 9.17) is 19.9 Å². The Bertz CT molecular complexity index is 2550. The molecule has 4 heteroatoms. The fourth-order valence-corrected chi connectivity index (χ4v) is 6.31. The van der Waals surface area contributed by atoms with Crippen molar-refractivity contribution >= 4 is 54.0 Å². The largest absolute Gasteiger partial charge is 0.256 e. The molecule has 0 radical (unpaired) electrons. The van der Waals surface area contributed by atoms with E-state index in [9.17, 15) is 0 Å². The van der Waals surface area contributed by atoms with E-state index < -0.39 is 0 Å². The van der Waals surface area contributed by atoms with Crippen LogP contribution >= 0.6 is 0 Å². The normalized spacial score (nSPS) is 11.6. The Morgan fingerprint density at radius 2 is 0.864 bits per heavy atom. The van der Waals surface area contributed by atoms with Gasteiger partial charge < -0.3 is 0 Å². The van der Waals surface area contributed by atoms with Crippen LogP contribution in [0.25, 0.3) is 88.2 Å². The second-order valence-electron chi connectivity index (χ2n) is 11.1. The number of hydrogen-bond acceptors (Lipinski definition) is 4. The average molecular weight is 561 g/mol. The van der Waals surface area contributed by atoms with Gasteiger partial charge in [0.15, 0.2) is 17.5 Å². The highest BCUT2D eigenvalue weighted by Gasteiger charge is 2.15. The third kappa shape index (κ3) is 4.00. The highest BCUT2D eigenvalue weighted by molar-refractivity contribution is 6.19. The molecule has 44 heavy (non-hydrogen) atoms. The SMILES string of the molecule is c1ccc(-c2nc(-c3ccc4ccc5ccccc5c4c3)nc(-c3ccc4ccc5ncc6ccccc6c5c4c3)n2)cc1. The zero-order valence-corrected chi connectivity index (χ0v) is 23.6. The average Bonchev–Trinajstić information content (AvgIpc) is 3.11. The topological polar surface area (TPSA) is 51.6 Å². The minimum absolute atomic E-state index is 0.638. The summed E-state index contributed by atoms with van der Waals surface area (Å²) in [6.07, 6.45) is 1.95. The van der Waals surface area contributed by atoms with E-state index in [1.165, 1.54) is 26.9 Å². The molecule has 0 amide bonds. The maximum atomic E-state index is 5.10. The van der Waals surface area contributed by atoms with Gasteiger partial charge in [-0.3, -0.25) is 4.98 Å². The van der Waals surface area contributed by atoms with Crippen LogP contribution in [0, 0.1) is 0 Å². The molecule has 9 rings (SSSR count). The molecular formula is C40H24N4. The van der Waals surface area contributed by atoms with Gasteiger partial charge in [-0.1, -0.05) is 121 Å². The molecule has 0 unspecified atom stereocenters. The van der Waals surface area contributed by atoms with Gasteiger partial charge in [0.25, 0.3) is 0 Å². The number of benzene rings is 7. The van der Waals surface area contributed by atoms with Crippen LogP contribution in [0.1, 0.15) is 0 Å². The third-order valence-corrected chi connectivity index (χ3v) is 8.50. The van der Waals surface area contributed by atoms with Gasteiger partial charge in [0.05, 0.1) is 5.52 Å². The second kappa shape index (κ2) is 9.79. The van der Waals surface area contributed by atoms with Gasteiger partial charge in [0.1, 0.15) is 0 Å². The van der Waals surface area contributed by atoms with Gasteiger partial charge >= 0.3 is 0 Å². The molecule has 0 aliphatic heterocycles. The van der Waals surface area contributed by atoms with Crippen LogP contribution in [0.15, 0.2) is 146 Å². The molecule has 204 valence electrons. The minimum atomic E-state index is 0.638. The maximum absolute atomic E-state index is 5.10. The third-order valence-electron chi connectivity index (χ3n) is 8.50. The van der Waals surface area contributed by atoms with Gasteiger partial charge in [0, 0.05) is 33.7 Å². The summed E-state index contributed by atoms with van der Waals surface area (Å²) in [5.74, 6) is 1.93. The van der Waals surface area contributed by atoms with Crippen molar-refractivity contribution in [1.82, 2.24) is 19.9 Å². The predicted molar refractivity (Wildman–Crippen MR) is 181 cm³/mol. The molecule has 0 saturated heterocycles. The summed E-state index contributed by atoms with van der Waals surface area (Å²) in [4.78, 5) is 19.9. The lowest BCUT2D eigenvalue weighted by Gasteiger charge is -2.11. The van der Waals surface area contributed by atoms with Crippen molar-refractivity contribution in [1.29, 1.82) is 0 Å². The van der Waals surface area contributed by atoms with E-state index in [0.29, 0.717) is 17.5 Å². The second-order valence-corrected chi connectivity index (χ2v) is 11.1. The molecule has 0 spiro atoms. The Kier molecular flexibility index (Phi) is 5.47. The Balaban J connectivity index is 1.29. The molecule has 0 atom stereocenters. The molecule has 0 bridgehead atoms. The Hall–Kier alpha value is -6.00. The zero-order chi connectivity index (χ0) is 29.0. The van der Waals surface area contributed by atoms with Crippen LogP contribution in [0.4, 0.5) is 0 Å². The first-order chi connectivity index (χ1) is 21.8. The van der Waals surface area contributed by atoms with E-state index in [0.717, 1.165) is 43.8 Å². The van der Waals surface area contributed by atoms with Crippen molar-refractivity contribution in [3.05, 3.63) is 146 Å². The predicted octanol–water partition coefficient (Wildman–Crippen LogP) is 10.0.